The van der Waals surface area contributed by atoms with Gasteiger partial charge in [-0.05, 0) is 24.3 Å². The second-order valence-corrected chi connectivity index (χ2v) is 5.76. The molecule has 0 radical (unpaired) electrons. The van der Waals surface area contributed by atoms with Gasteiger partial charge in [-0.15, -0.1) is 0 Å². The summed E-state index contributed by atoms with van der Waals surface area (Å²) in [5.74, 6) is 0.884. The fourth-order valence-corrected chi connectivity index (χ4v) is 2.65. The van der Waals surface area contributed by atoms with Gasteiger partial charge in [-0.1, -0.05) is 48.1 Å². The van der Waals surface area contributed by atoms with E-state index in [-0.39, 0.29) is 0 Å². The zero-order chi connectivity index (χ0) is 14.8. The van der Waals surface area contributed by atoms with Crippen LogP contribution in [0.25, 0.3) is 22.4 Å². The van der Waals surface area contributed by atoms with Crippen LogP contribution in [0.15, 0.2) is 48.5 Å². The van der Waals surface area contributed by atoms with Crippen molar-refractivity contribution in [2.45, 2.75) is 13.0 Å². The molecule has 0 amide bonds. The number of rotatable bonds is 4. The Labute approximate surface area is 133 Å². The van der Waals surface area contributed by atoms with Crippen LogP contribution < -0.4 is 5.73 Å². The number of aromatic nitrogens is 2. The molecule has 0 spiro atoms. The molecule has 1 aromatic heterocycles. The first-order chi connectivity index (χ1) is 10.1. The predicted octanol–water partition coefficient (Wildman–Crippen LogP) is 4.03. The topological polar surface area (TPSA) is 43.8 Å². The summed E-state index contributed by atoms with van der Waals surface area (Å²) >= 11 is 11.1. The Hall–Kier alpha value is -1.91. The Balaban J connectivity index is 2.16. The number of hydrogen-bond donors (Lipinski definition) is 1. The van der Waals surface area contributed by atoms with Crippen molar-refractivity contribution >= 4 is 39.8 Å². The lowest BCUT2D eigenvalue weighted by molar-refractivity contribution is 0.757. The lowest BCUT2D eigenvalue weighted by atomic mass is 10.2. The van der Waals surface area contributed by atoms with Crippen LogP contribution in [-0.4, -0.2) is 14.5 Å². The van der Waals surface area contributed by atoms with Crippen LogP contribution in [-0.2, 0) is 6.54 Å². The zero-order valence-electron chi connectivity index (χ0n) is 11.3. The number of thiocarbonyl (C=S) groups is 1. The minimum absolute atomic E-state index is 0.504. The number of halogens is 1. The smallest absolute Gasteiger partial charge is 0.141 e. The van der Waals surface area contributed by atoms with Crippen LogP contribution in [0.5, 0.6) is 0 Å². The molecule has 21 heavy (non-hydrogen) atoms. The highest BCUT2D eigenvalue weighted by Crippen LogP contribution is 2.26. The van der Waals surface area contributed by atoms with Crippen LogP contribution in [0.2, 0.25) is 5.02 Å². The van der Waals surface area contributed by atoms with Crippen LogP contribution in [0, 0.1) is 0 Å². The summed E-state index contributed by atoms with van der Waals surface area (Å²) in [6.07, 6.45) is 0.642. The van der Waals surface area contributed by atoms with Gasteiger partial charge in [0.15, 0.2) is 0 Å². The first-order valence-electron chi connectivity index (χ1n) is 6.64. The number of aryl methyl sites for hydroxylation is 1. The molecule has 0 saturated heterocycles. The van der Waals surface area contributed by atoms with Crippen LogP contribution >= 0.6 is 23.8 Å². The number of hydrogen-bond acceptors (Lipinski definition) is 2. The minimum Gasteiger partial charge on any atom is -0.393 e. The molecule has 0 aliphatic rings. The van der Waals surface area contributed by atoms with Gasteiger partial charge in [0.1, 0.15) is 5.82 Å². The molecular weight excluding hydrogens is 302 g/mol. The van der Waals surface area contributed by atoms with Gasteiger partial charge in [-0.3, -0.25) is 0 Å². The Bertz CT molecular complexity index is 810. The molecule has 106 valence electrons. The van der Waals surface area contributed by atoms with E-state index in [9.17, 15) is 0 Å². The van der Waals surface area contributed by atoms with Crippen molar-refractivity contribution in [2.75, 3.05) is 0 Å². The van der Waals surface area contributed by atoms with Gasteiger partial charge >= 0.3 is 0 Å². The van der Waals surface area contributed by atoms with E-state index in [1.807, 2.05) is 42.5 Å². The van der Waals surface area contributed by atoms with Gasteiger partial charge in [0.05, 0.1) is 16.0 Å². The van der Waals surface area contributed by atoms with Gasteiger partial charge in [0.25, 0.3) is 0 Å². The number of benzene rings is 2. The van der Waals surface area contributed by atoms with E-state index in [0.29, 0.717) is 23.0 Å². The summed E-state index contributed by atoms with van der Waals surface area (Å²) in [6, 6.07) is 15.7. The summed E-state index contributed by atoms with van der Waals surface area (Å²) in [5, 5.41) is 0.695. The Morgan fingerprint density at radius 2 is 2.00 bits per heavy atom. The maximum absolute atomic E-state index is 6.10. The van der Waals surface area contributed by atoms with E-state index in [1.54, 1.807) is 0 Å². The summed E-state index contributed by atoms with van der Waals surface area (Å²) in [4.78, 5) is 5.23. The minimum atomic E-state index is 0.504. The van der Waals surface area contributed by atoms with Gasteiger partial charge in [-0.25, -0.2) is 4.98 Å². The van der Waals surface area contributed by atoms with Gasteiger partial charge < -0.3 is 10.3 Å². The monoisotopic (exact) mass is 315 g/mol. The third-order valence-corrected chi connectivity index (χ3v) is 3.76. The zero-order valence-corrected chi connectivity index (χ0v) is 12.9. The second kappa shape index (κ2) is 5.84. The number of imidazole rings is 1. The van der Waals surface area contributed by atoms with Crippen molar-refractivity contribution in [1.29, 1.82) is 0 Å². The maximum atomic E-state index is 6.10. The van der Waals surface area contributed by atoms with E-state index in [0.717, 1.165) is 22.4 Å². The molecule has 3 rings (SSSR count). The first kappa shape index (κ1) is 14.0. The van der Waals surface area contributed by atoms with E-state index in [2.05, 4.69) is 10.6 Å². The van der Waals surface area contributed by atoms with Gasteiger partial charge in [0.2, 0.25) is 0 Å². The van der Waals surface area contributed by atoms with Crippen molar-refractivity contribution < 1.29 is 0 Å². The van der Waals surface area contributed by atoms with E-state index in [1.165, 1.54) is 0 Å². The number of fused-ring (bicyclic) bond motifs is 1. The van der Waals surface area contributed by atoms with Gasteiger partial charge in [0, 0.05) is 23.6 Å². The van der Waals surface area contributed by atoms with Crippen molar-refractivity contribution in [3.8, 4) is 11.4 Å². The number of nitrogens with zero attached hydrogens (tertiary/aromatic N) is 2. The normalized spacial score (nSPS) is 10.9. The Morgan fingerprint density at radius 3 is 2.76 bits per heavy atom. The summed E-state index contributed by atoms with van der Waals surface area (Å²) < 4.78 is 2.14. The third kappa shape index (κ3) is 2.91. The van der Waals surface area contributed by atoms with Crippen molar-refractivity contribution in [1.82, 2.24) is 9.55 Å². The lowest BCUT2D eigenvalue weighted by Crippen LogP contribution is -2.12. The van der Waals surface area contributed by atoms with Crippen LogP contribution in [0.1, 0.15) is 6.42 Å². The van der Waals surface area contributed by atoms with E-state index >= 15 is 0 Å². The molecule has 0 saturated carbocycles. The molecule has 0 fully saturated rings. The summed E-state index contributed by atoms with van der Waals surface area (Å²) in [7, 11) is 0. The van der Waals surface area contributed by atoms with Crippen molar-refractivity contribution in [2.24, 2.45) is 5.73 Å². The van der Waals surface area contributed by atoms with Crippen molar-refractivity contribution in [3.63, 3.8) is 0 Å². The van der Waals surface area contributed by atoms with E-state index < -0.39 is 0 Å². The third-order valence-electron chi connectivity index (χ3n) is 3.32. The molecule has 0 bridgehead atoms. The molecule has 3 nitrogen and oxygen atoms in total. The maximum Gasteiger partial charge on any atom is 0.141 e. The molecule has 3 aromatic rings. The molecule has 0 atom stereocenters. The molecule has 0 aliphatic carbocycles. The molecular formula is C16H14ClN3S. The lowest BCUT2D eigenvalue weighted by Gasteiger charge is -2.09. The highest BCUT2D eigenvalue weighted by Gasteiger charge is 2.12. The van der Waals surface area contributed by atoms with Crippen LogP contribution in [0.3, 0.4) is 0 Å². The molecule has 0 unspecified atom stereocenters. The standard InChI is InChI=1S/C16H14ClN3S/c17-12-5-3-4-11(10-12)16-19-13-6-1-2-7-14(13)20(16)9-8-15(18)21/h1-7,10H,8-9H2,(H2,18,21). The van der Waals surface area contributed by atoms with Crippen molar-refractivity contribution in [3.05, 3.63) is 53.6 Å². The second-order valence-electron chi connectivity index (χ2n) is 4.80. The number of nitrogens with two attached hydrogens (primary N) is 1. The van der Waals surface area contributed by atoms with Gasteiger partial charge in [-0.2, -0.15) is 0 Å². The fourth-order valence-electron chi connectivity index (χ4n) is 2.37. The highest BCUT2D eigenvalue weighted by molar-refractivity contribution is 7.80. The first-order valence-corrected chi connectivity index (χ1v) is 7.43. The average Bonchev–Trinajstić information content (AvgIpc) is 2.84. The average molecular weight is 316 g/mol. The molecule has 2 N–H and O–H groups in total. The Morgan fingerprint density at radius 1 is 1.19 bits per heavy atom. The van der Waals surface area contributed by atoms with Crippen LogP contribution in [0.4, 0.5) is 0 Å². The fraction of sp³-hybridized carbons (Fsp3) is 0.125. The molecule has 2 aromatic carbocycles. The predicted molar refractivity (Wildman–Crippen MR) is 91.6 cm³/mol. The summed E-state index contributed by atoms with van der Waals surface area (Å²) in [6.45, 7) is 0.706. The number of para-hydroxylation sites is 2. The SMILES string of the molecule is NC(=S)CCn1c(-c2cccc(Cl)c2)nc2ccccc21. The molecule has 1 heterocycles. The molecule has 0 aliphatic heterocycles. The highest BCUT2D eigenvalue weighted by atomic mass is 35.5. The quantitative estimate of drug-likeness (QED) is 0.739. The molecule has 5 heteroatoms. The summed E-state index contributed by atoms with van der Waals surface area (Å²) in [5.41, 5.74) is 8.66. The van der Waals surface area contributed by atoms with E-state index in [4.69, 9.17) is 34.5 Å². The Kier molecular flexibility index (Phi) is 3.90. The largest absolute Gasteiger partial charge is 0.393 e.